The molecule has 3 fully saturated rings. The first-order valence-electron chi connectivity index (χ1n) is 9.09. The highest BCUT2D eigenvalue weighted by atomic mass is 16.2. The SMILES string of the molecule is O=C(C1CCCC1)N1CCCN(Cc2nnnn2C2CC2)CC1. The van der Waals surface area contributed by atoms with E-state index in [4.69, 9.17) is 0 Å². The van der Waals surface area contributed by atoms with Gasteiger partial charge in [0.15, 0.2) is 5.82 Å². The molecule has 4 rings (SSSR count). The standard InChI is InChI=1S/C16H26N6O/c23-16(13-4-1-2-5-13)21-9-3-8-20(10-11-21)12-15-17-18-19-22(15)14-6-7-14/h13-14H,1-12H2. The summed E-state index contributed by atoms with van der Waals surface area (Å²) in [6, 6.07) is 0.521. The number of aromatic nitrogens is 4. The minimum Gasteiger partial charge on any atom is -0.341 e. The summed E-state index contributed by atoms with van der Waals surface area (Å²) in [4.78, 5) is 17.1. The quantitative estimate of drug-likeness (QED) is 0.835. The fraction of sp³-hybridized carbons (Fsp3) is 0.875. The molecule has 0 radical (unpaired) electrons. The van der Waals surface area contributed by atoms with Crippen molar-refractivity contribution in [2.24, 2.45) is 5.92 Å². The number of rotatable bonds is 4. The Morgan fingerprint density at radius 2 is 1.83 bits per heavy atom. The number of hydrogen-bond donors (Lipinski definition) is 0. The van der Waals surface area contributed by atoms with Gasteiger partial charge in [0.25, 0.3) is 0 Å². The number of carbonyl (C=O) groups excluding carboxylic acids is 1. The summed E-state index contributed by atoms with van der Waals surface area (Å²) in [5.74, 6) is 1.67. The highest BCUT2D eigenvalue weighted by Crippen LogP contribution is 2.34. The van der Waals surface area contributed by atoms with Crippen LogP contribution in [0.1, 0.15) is 56.8 Å². The molecule has 0 bridgehead atoms. The van der Waals surface area contributed by atoms with Crippen LogP contribution >= 0.6 is 0 Å². The van der Waals surface area contributed by atoms with Gasteiger partial charge in [-0.15, -0.1) is 5.10 Å². The lowest BCUT2D eigenvalue weighted by atomic mass is 10.1. The average molecular weight is 318 g/mol. The molecule has 0 atom stereocenters. The lowest BCUT2D eigenvalue weighted by Crippen LogP contribution is -2.38. The number of amides is 1. The van der Waals surface area contributed by atoms with E-state index in [0.29, 0.717) is 17.9 Å². The number of carbonyl (C=O) groups is 1. The molecule has 2 saturated carbocycles. The van der Waals surface area contributed by atoms with Crippen LogP contribution in [0.5, 0.6) is 0 Å². The second-order valence-corrected chi connectivity index (χ2v) is 7.21. The second-order valence-electron chi connectivity index (χ2n) is 7.21. The summed E-state index contributed by atoms with van der Waals surface area (Å²) in [6.45, 7) is 4.50. The number of tetrazole rings is 1. The van der Waals surface area contributed by atoms with Gasteiger partial charge in [0, 0.05) is 32.1 Å². The molecule has 23 heavy (non-hydrogen) atoms. The molecule has 0 spiro atoms. The molecule has 1 aromatic heterocycles. The van der Waals surface area contributed by atoms with Gasteiger partial charge in [-0.05, 0) is 42.5 Å². The highest BCUT2D eigenvalue weighted by molar-refractivity contribution is 5.79. The molecule has 1 amide bonds. The van der Waals surface area contributed by atoms with E-state index in [2.05, 4.69) is 25.3 Å². The van der Waals surface area contributed by atoms with Gasteiger partial charge in [-0.1, -0.05) is 12.8 Å². The molecule has 7 heteroatoms. The first-order valence-corrected chi connectivity index (χ1v) is 9.09. The van der Waals surface area contributed by atoms with Gasteiger partial charge in [0.05, 0.1) is 12.6 Å². The Hall–Kier alpha value is -1.50. The van der Waals surface area contributed by atoms with Crippen LogP contribution in [0.2, 0.25) is 0 Å². The maximum atomic E-state index is 12.6. The van der Waals surface area contributed by atoms with E-state index < -0.39 is 0 Å². The van der Waals surface area contributed by atoms with Crippen molar-refractivity contribution in [1.29, 1.82) is 0 Å². The fourth-order valence-electron chi connectivity index (χ4n) is 3.90. The van der Waals surface area contributed by atoms with E-state index in [-0.39, 0.29) is 0 Å². The van der Waals surface area contributed by atoms with Crippen LogP contribution in [0.25, 0.3) is 0 Å². The molecule has 2 aliphatic carbocycles. The van der Waals surface area contributed by atoms with E-state index in [9.17, 15) is 4.79 Å². The van der Waals surface area contributed by atoms with E-state index in [1.165, 1.54) is 25.7 Å². The molecule has 0 aromatic carbocycles. The maximum Gasteiger partial charge on any atom is 0.225 e. The van der Waals surface area contributed by atoms with Gasteiger partial charge in [-0.2, -0.15) is 0 Å². The van der Waals surface area contributed by atoms with Crippen molar-refractivity contribution in [3.05, 3.63) is 5.82 Å². The summed E-state index contributed by atoms with van der Waals surface area (Å²) in [5.41, 5.74) is 0. The molecule has 1 aliphatic heterocycles. The monoisotopic (exact) mass is 318 g/mol. The van der Waals surface area contributed by atoms with Crippen LogP contribution in [0, 0.1) is 5.92 Å². The normalized spacial score (nSPS) is 24.1. The first-order chi connectivity index (χ1) is 11.3. The zero-order chi connectivity index (χ0) is 15.6. The third kappa shape index (κ3) is 3.39. The van der Waals surface area contributed by atoms with Gasteiger partial charge in [0.1, 0.15) is 0 Å². The van der Waals surface area contributed by atoms with Crippen molar-refractivity contribution in [3.63, 3.8) is 0 Å². The summed E-state index contributed by atoms with van der Waals surface area (Å²) in [5, 5.41) is 12.2. The van der Waals surface area contributed by atoms with Crippen molar-refractivity contribution in [1.82, 2.24) is 30.0 Å². The van der Waals surface area contributed by atoms with E-state index in [1.54, 1.807) is 0 Å². The fourth-order valence-corrected chi connectivity index (χ4v) is 3.90. The second kappa shape index (κ2) is 6.55. The van der Waals surface area contributed by atoms with Crippen molar-refractivity contribution >= 4 is 5.91 Å². The van der Waals surface area contributed by atoms with Crippen LogP contribution in [0.4, 0.5) is 0 Å². The Kier molecular flexibility index (Phi) is 4.29. The van der Waals surface area contributed by atoms with Crippen molar-refractivity contribution in [2.45, 2.75) is 57.5 Å². The van der Waals surface area contributed by atoms with Crippen LogP contribution in [0.3, 0.4) is 0 Å². The Balaban J connectivity index is 1.33. The Bertz CT molecular complexity index is 549. The third-order valence-corrected chi connectivity index (χ3v) is 5.42. The van der Waals surface area contributed by atoms with E-state index >= 15 is 0 Å². The summed E-state index contributed by atoms with van der Waals surface area (Å²) in [6.07, 6.45) is 8.07. The molecular weight excluding hydrogens is 292 g/mol. The molecule has 2 heterocycles. The predicted octanol–water partition coefficient (Wildman–Crippen LogP) is 1.23. The number of nitrogens with zero attached hydrogens (tertiary/aromatic N) is 6. The topological polar surface area (TPSA) is 67.2 Å². The van der Waals surface area contributed by atoms with Gasteiger partial charge in [0.2, 0.25) is 5.91 Å². The summed E-state index contributed by atoms with van der Waals surface area (Å²) < 4.78 is 1.99. The van der Waals surface area contributed by atoms with Crippen LogP contribution in [0.15, 0.2) is 0 Å². The van der Waals surface area contributed by atoms with E-state index in [0.717, 1.165) is 57.8 Å². The molecule has 3 aliphatic rings. The minimum atomic E-state index is 0.295. The minimum absolute atomic E-state index is 0.295. The van der Waals surface area contributed by atoms with Gasteiger partial charge >= 0.3 is 0 Å². The zero-order valence-corrected chi connectivity index (χ0v) is 13.7. The predicted molar refractivity (Wildman–Crippen MR) is 84.5 cm³/mol. The average Bonchev–Trinajstić information content (AvgIpc) is 3.13. The van der Waals surface area contributed by atoms with Crippen molar-refractivity contribution in [2.75, 3.05) is 26.2 Å². The molecule has 1 saturated heterocycles. The summed E-state index contributed by atoms with van der Waals surface area (Å²) in [7, 11) is 0. The van der Waals surface area contributed by atoms with Gasteiger partial charge in [-0.25, -0.2) is 4.68 Å². The van der Waals surface area contributed by atoms with Crippen LogP contribution < -0.4 is 0 Å². The highest BCUT2D eigenvalue weighted by Gasteiger charge is 2.30. The smallest absolute Gasteiger partial charge is 0.225 e. The molecule has 126 valence electrons. The largest absolute Gasteiger partial charge is 0.341 e. The van der Waals surface area contributed by atoms with Crippen LogP contribution in [-0.2, 0) is 11.3 Å². The van der Waals surface area contributed by atoms with Gasteiger partial charge < -0.3 is 4.90 Å². The molecule has 0 unspecified atom stereocenters. The zero-order valence-electron chi connectivity index (χ0n) is 13.7. The molecular formula is C16H26N6O. The maximum absolute atomic E-state index is 12.6. The Labute approximate surface area is 137 Å². The Morgan fingerprint density at radius 1 is 1.00 bits per heavy atom. The number of hydrogen-bond acceptors (Lipinski definition) is 5. The van der Waals surface area contributed by atoms with Crippen LogP contribution in [-0.4, -0.2) is 62.1 Å². The summed E-state index contributed by atoms with van der Waals surface area (Å²) >= 11 is 0. The molecule has 7 nitrogen and oxygen atoms in total. The lowest BCUT2D eigenvalue weighted by molar-refractivity contribution is -0.135. The first kappa shape index (κ1) is 15.1. The third-order valence-electron chi connectivity index (χ3n) is 5.42. The van der Waals surface area contributed by atoms with Crippen molar-refractivity contribution < 1.29 is 4.79 Å². The molecule has 1 aromatic rings. The van der Waals surface area contributed by atoms with E-state index in [1.807, 2.05) is 4.68 Å². The molecule has 0 N–H and O–H groups in total. The van der Waals surface area contributed by atoms with Crippen molar-refractivity contribution in [3.8, 4) is 0 Å². The van der Waals surface area contributed by atoms with Gasteiger partial charge in [-0.3, -0.25) is 9.69 Å². The lowest BCUT2D eigenvalue weighted by Gasteiger charge is -2.24. The Morgan fingerprint density at radius 3 is 2.61 bits per heavy atom.